The maximum absolute atomic E-state index is 10.9. The molecule has 0 saturated carbocycles. The van der Waals surface area contributed by atoms with E-state index in [1.807, 2.05) is 23.6 Å². The number of thiophene rings is 1. The molecule has 0 aliphatic carbocycles. The van der Waals surface area contributed by atoms with Gasteiger partial charge in [-0.25, -0.2) is 9.89 Å². The van der Waals surface area contributed by atoms with Crippen molar-refractivity contribution in [2.24, 2.45) is 0 Å². The molecule has 6 nitrogen and oxygen atoms in total. The smallest absolute Gasteiger partial charge is 0.359 e. The number of hydrogen-bond donors (Lipinski definition) is 2. The van der Waals surface area contributed by atoms with Crippen LogP contribution in [0.5, 0.6) is 11.6 Å². The van der Waals surface area contributed by atoms with Crippen LogP contribution in [0.3, 0.4) is 0 Å². The van der Waals surface area contributed by atoms with E-state index in [4.69, 9.17) is 9.84 Å². The molecule has 20 heavy (non-hydrogen) atoms. The van der Waals surface area contributed by atoms with Crippen LogP contribution in [0.4, 0.5) is 0 Å². The Morgan fingerprint density at radius 3 is 2.65 bits per heavy atom. The number of ether oxygens (including phenoxy) is 1. The second-order valence-corrected chi connectivity index (χ2v) is 4.72. The van der Waals surface area contributed by atoms with Gasteiger partial charge in [-0.3, -0.25) is 0 Å². The second kappa shape index (κ2) is 5.14. The molecule has 0 aliphatic heterocycles. The third-order valence-corrected chi connectivity index (χ3v) is 3.34. The number of benzene rings is 1. The number of aromatic amines is 1. The van der Waals surface area contributed by atoms with Gasteiger partial charge in [-0.15, -0.1) is 0 Å². The minimum atomic E-state index is -1.17. The quantitative estimate of drug-likeness (QED) is 0.770. The Hall–Kier alpha value is -2.67. The van der Waals surface area contributed by atoms with Crippen LogP contribution < -0.4 is 4.74 Å². The van der Waals surface area contributed by atoms with Crippen LogP contribution in [-0.4, -0.2) is 26.5 Å². The Labute approximate surface area is 117 Å². The van der Waals surface area contributed by atoms with Gasteiger partial charge < -0.3 is 9.84 Å². The summed E-state index contributed by atoms with van der Waals surface area (Å²) in [6.07, 6.45) is 0. The summed E-state index contributed by atoms with van der Waals surface area (Å²) in [6.45, 7) is 0. The molecule has 0 fully saturated rings. The van der Waals surface area contributed by atoms with Crippen molar-refractivity contribution in [3.63, 3.8) is 0 Å². The van der Waals surface area contributed by atoms with Crippen molar-refractivity contribution in [1.29, 1.82) is 0 Å². The van der Waals surface area contributed by atoms with E-state index in [1.54, 1.807) is 23.5 Å². The van der Waals surface area contributed by atoms with Gasteiger partial charge in [0.05, 0.1) is 0 Å². The zero-order chi connectivity index (χ0) is 13.9. The first-order valence-electron chi connectivity index (χ1n) is 5.69. The molecule has 100 valence electrons. The number of aromatic carboxylic acids is 1. The molecular formula is C13H9N3O3S. The predicted molar refractivity (Wildman–Crippen MR) is 73.2 cm³/mol. The highest BCUT2D eigenvalue weighted by Gasteiger charge is 2.16. The van der Waals surface area contributed by atoms with E-state index in [9.17, 15) is 4.79 Å². The van der Waals surface area contributed by atoms with Crippen molar-refractivity contribution < 1.29 is 14.6 Å². The van der Waals surface area contributed by atoms with Crippen molar-refractivity contribution in [3.8, 4) is 22.8 Å². The number of carboxylic acids is 1. The van der Waals surface area contributed by atoms with E-state index < -0.39 is 5.97 Å². The molecule has 2 aromatic heterocycles. The van der Waals surface area contributed by atoms with E-state index >= 15 is 0 Å². The highest BCUT2D eigenvalue weighted by molar-refractivity contribution is 7.08. The van der Waals surface area contributed by atoms with Crippen LogP contribution in [-0.2, 0) is 0 Å². The van der Waals surface area contributed by atoms with Crippen molar-refractivity contribution in [3.05, 3.63) is 46.8 Å². The molecule has 2 N–H and O–H groups in total. The highest BCUT2D eigenvalue weighted by atomic mass is 32.1. The molecule has 3 rings (SSSR count). The predicted octanol–water partition coefficient (Wildman–Crippen LogP) is 3.02. The molecule has 7 heteroatoms. The van der Waals surface area contributed by atoms with Gasteiger partial charge in [0, 0.05) is 0 Å². The number of carboxylic acid groups (broad SMARTS) is 1. The number of hydrogen-bond acceptors (Lipinski definition) is 5. The Kier molecular flexibility index (Phi) is 3.18. The SMILES string of the molecule is O=C(O)c1[nH]nnc1Oc1ccc(-c2ccsc2)cc1. The average molecular weight is 287 g/mol. The van der Waals surface area contributed by atoms with Crippen LogP contribution >= 0.6 is 11.3 Å². The van der Waals surface area contributed by atoms with E-state index in [1.165, 1.54) is 0 Å². The highest BCUT2D eigenvalue weighted by Crippen LogP contribution is 2.27. The molecule has 0 saturated heterocycles. The minimum absolute atomic E-state index is 0.0548. The number of H-pyrrole nitrogens is 1. The van der Waals surface area contributed by atoms with Crippen LogP contribution in [0.1, 0.15) is 10.5 Å². The molecule has 0 bridgehead atoms. The Morgan fingerprint density at radius 2 is 2.00 bits per heavy atom. The summed E-state index contributed by atoms with van der Waals surface area (Å²) in [7, 11) is 0. The zero-order valence-electron chi connectivity index (χ0n) is 10.1. The van der Waals surface area contributed by atoms with Crippen molar-refractivity contribution in [2.75, 3.05) is 0 Å². The monoisotopic (exact) mass is 287 g/mol. The van der Waals surface area contributed by atoms with E-state index in [-0.39, 0.29) is 11.6 Å². The Bertz CT molecular complexity index is 720. The largest absolute Gasteiger partial charge is 0.476 e. The molecule has 0 atom stereocenters. The molecule has 0 unspecified atom stereocenters. The second-order valence-electron chi connectivity index (χ2n) is 3.94. The molecule has 0 radical (unpaired) electrons. The van der Waals surface area contributed by atoms with Gasteiger partial charge in [0.15, 0.2) is 0 Å². The normalized spacial score (nSPS) is 10.4. The molecule has 3 aromatic rings. The lowest BCUT2D eigenvalue weighted by Gasteiger charge is -2.04. The summed E-state index contributed by atoms with van der Waals surface area (Å²) in [6, 6.07) is 9.34. The molecule has 1 aromatic carbocycles. The molecule has 2 heterocycles. The average Bonchev–Trinajstić information content (AvgIpc) is 3.10. The fourth-order valence-electron chi connectivity index (χ4n) is 1.68. The Morgan fingerprint density at radius 1 is 1.20 bits per heavy atom. The van der Waals surface area contributed by atoms with Gasteiger partial charge in [-0.05, 0) is 40.1 Å². The lowest BCUT2D eigenvalue weighted by atomic mass is 10.1. The molecule has 0 amide bonds. The van der Waals surface area contributed by atoms with Gasteiger partial charge >= 0.3 is 5.97 Å². The van der Waals surface area contributed by atoms with Gasteiger partial charge in [0.1, 0.15) is 5.75 Å². The maximum atomic E-state index is 10.9. The Balaban J connectivity index is 1.82. The first-order chi connectivity index (χ1) is 9.74. The topological polar surface area (TPSA) is 88.1 Å². The van der Waals surface area contributed by atoms with E-state index in [0.717, 1.165) is 11.1 Å². The zero-order valence-corrected chi connectivity index (χ0v) is 10.9. The van der Waals surface area contributed by atoms with Crippen LogP contribution in [0.25, 0.3) is 11.1 Å². The third kappa shape index (κ3) is 2.39. The molecule has 0 aliphatic rings. The molecular weight excluding hydrogens is 278 g/mol. The summed E-state index contributed by atoms with van der Waals surface area (Å²) in [5.74, 6) is -0.721. The minimum Gasteiger partial charge on any atom is -0.476 e. The number of nitrogens with zero attached hydrogens (tertiary/aromatic N) is 2. The molecule has 0 spiro atoms. The van der Waals surface area contributed by atoms with Crippen LogP contribution in [0, 0.1) is 0 Å². The van der Waals surface area contributed by atoms with Gasteiger partial charge in [-0.2, -0.15) is 11.3 Å². The van der Waals surface area contributed by atoms with Gasteiger partial charge in [0.2, 0.25) is 5.69 Å². The summed E-state index contributed by atoms with van der Waals surface area (Å²) in [4.78, 5) is 10.9. The number of rotatable bonds is 4. The fourth-order valence-corrected chi connectivity index (χ4v) is 2.35. The lowest BCUT2D eigenvalue weighted by molar-refractivity contribution is 0.0687. The summed E-state index contributed by atoms with van der Waals surface area (Å²) >= 11 is 1.63. The number of nitrogens with one attached hydrogen (secondary N) is 1. The van der Waals surface area contributed by atoms with Gasteiger partial charge in [0.25, 0.3) is 5.88 Å². The van der Waals surface area contributed by atoms with Crippen molar-refractivity contribution in [2.45, 2.75) is 0 Å². The van der Waals surface area contributed by atoms with Crippen LogP contribution in [0.2, 0.25) is 0 Å². The summed E-state index contributed by atoms with van der Waals surface area (Å²) in [5, 5.41) is 22.3. The fraction of sp³-hybridized carbons (Fsp3) is 0. The first-order valence-corrected chi connectivity index (χ1v) is 6.63. The standard InChI is InChI=1S/C13H9N3O3S/c17-13(18)11-12(15-16-14-11)19-10-3-1-8(2-4-10)9-5-6-20-7-9/h1-7H,(H,17,18)(H,14,15,16). The third-order valence-electron chi connectivity index (χ3n) is 2.65. The first kappa shape index (κ1) is 12.4. The van der Waals surface area contributed by atoms with Gasteiger partial charge in [-0.1, -0.05) is 22.4 Å². The maximum Gasteiger partial charge on any atom is 0.359 e. The van der Waals surface area contributed by atoms with E-state index in [0.29, 0.717) is 5.75 Å². The van der Waals surface area contributed by atoms with E-state index in [2.05, 4.69) is 20.8 Å². The van der Waals surface area contributed by atoms with Crippen LogP contribution in [0.15, 0.2) is 41.1 Å². The lowest BCUT2D eigenvalue weighted by Crippen LogP contribution is -1.99. The number of carbonyl (C=O) groups is 1. The number of aromatic nitrogens is 3. The summed E-state index contributed by atoms with van der Waals surface area (Å²) < 4.78 is 5.40. The summed E-state index contributed by atoms with van der Waals surface area (Å²) in [5.41, 5.74) is 2.03. The van der Waals surface area contributed by atoms with Crippen molar-refractivity contribution in [1.82, 2.24) is 15.4 Å². The van der Waals surface area contributed by atoms with Crippen molar-refractivity contribution >= 4 is 17.3 Å².